The quantitative estimate of drug-likeness (QED) is 0.782. The minimum Gasteiger partial charge on any atom is -0.316 e. The van der Waals surface area contributed by atoms with Crippen LogP contribution in [0.15, 0.2) is 42.5 Å². The third kappa shape index (κ3) is 4.70. The van der Waals surface area contributed by atoms with Crippen LogP contribution in [0, 0.1) is 5.82 Å². The van der Waals surface area contributed by atoms with Gasteiger partial charge >= 0.3 is 0 Å². The van der Waals surface area contributed by atoms with Crippen LogP contribution in [0.3, 0.4) is 0 Å². The van der Waals surface area contributed by atoms with Crippen molar-refractivity contribution >= 4 is 23.2 Å². The normalized spacial score (nSPS) is 12.4. The van der Waals surface area contributed by atoms with Gasteiger partial charge in [0, 0.05) is 22.5 Å². The lowest BCUT2D eigenvalue weighted by atomic mass is 9.91. The maximum absolute atomic E-state index is 13.5. The van der Waals surface area contributed by atoms with Gasteiger partial charge in [-0.15, -0.1) is 0 Å². The molecule has 1 unspecified atom stereocenters. The maximum atomic E-state index is 13.5. The van der Waals surface area contributed by atoms with E-state index in [2.05, 4.69) is 12.2 Å². The molecule has 1 nitrogen and oxygen atoms in total. The van der Waals surface area contributed by atoms with Gasteiger partial charge in [-0.1, -0.05) is 42.3 Å². The Kier molecular flexibility index (Phi) is 6.04. The molecule has 1 N–H and O–H groups in total. The zero-order chi connectivity index (χ0) is 15.2. The van der Waals surface area contributed by atoms with Gasteiger partial charge in [-0.25, -0.2) is 4.39 Å². The number of benzene rings is 2. The van der Waals surface area contributed by atoms with Crippen molar-refractivity contribution in [3.63, 3.8) is 0 Å². The minimum atomic E-state index is -0.216. The van der Waals surface area contributed by atoms with Gasteiger partial charge in [0.2, 0.25) is 0 Å². The molecule has 0 spiro atoms. The molecular formula is C17H18Cl2FN. The van der Waals surface area contributed by atoms with Crippen molar-refractivity contribution in [3.05, 3.63) is 69.5 Å². The summed E-state index contributed by atoms with van der Waals surface area (Å²) in [6.07, 6.45) is 0.718. The van der Waals surface area contributed by atoms with Crippen LogP contribution in [-0.2, 0) is 6.42 Å². The molecule has 0 aromatic heterocycles. The molecule has 112 valence electrons. The Morgan fingerprint density at radius 2 is 1.95 bits per heavy atom. The maximum Gasteiger partial charge on any atom is 0.123 e. The molecule has 2 aromatic rings. The predicted molar refractivity (Wildman–Crippen MR) is 87.9 cm³/mol. The van der Waals surface area contributed by atoms with Crippen LogP contribution in [-0.4, -0.2) is 13.1 Å². The highest BCUT2D eigenvalue weighted by Crippen LogP contribution is 2.27. The predicted octanol–water partition coefficient (Wildman–Crippen LogP) is 5.07. The Balaban J connectivity index is 2.25. The minimum absolute atomic E-state index is 0.150. The Morgan fingerprint density at radius 1 is 1.14 bits per heavy atom. The Bertz CT molecular complexity index is 601. The lowest BCUT2D eigenvalue weighted by Gasteiger charge is -2.19. The molecule has 0 fully saturated rings. The summed E-state index contributed by atoms with van der Waals surface area (Å²) in [5.74, 6) is -0.0668. The summed E-state index contributed by atoms with van der Waals surface area (Å²) in [6, 6.07) is 12.2. The number of hydrogen-bond donors (Lipinski definition) is 1. The van der Waals surface area contributed by atoms with Crippen molar-refractivity contribution in [2.75, 3.05) is 13.1 Å². The summed E-state index contributed by atoms with van der Waals surface area (Å²) in [4.78, 5) is 0. The van der Waals surface area contributed by atoms with Gasteiger partial charge in [-0.05, 0) is 54.4 Å². The van der Waals surface area contributed by atoms with E-state index in [9.17, 15) is 4.39 Å². The third-order valence-corrected chi connectivity index (χ3v) is 4.04. The van der Waals surface area contributed by atoms with Gasteiger partial charge in [0.1, 0.15) is 5.82 Å². The molecule has 0 aliphatic heterocycles. The fraction of sp³-hybridized carbons (Fsp3) is 0.294. The van der Waals surface area contributed by atoms with E-state index in [1.54, 1.807) is 24.3 Å². The molecule has 0 heterocycles. The molecule has 2 rings (SSSR count). The molecule has 2 aromatic carbocycles. The summed E-state index contributed by atoms with van der Waals surface area (Å²) in [5.41, 5.74) is 1.95. The first-order valence-electron chi connectivity index (χ1n) is 7.00. The average molecular weight is 326 g/mol. The smallest absolute Gasteiger partial charge is 0.123 e. The van der Waals surface area contributed by atoms with Crippen molar-refractivity contribution in [2.45, 2.75) is 19.3 Å². The van der Waals surface area contributed by atoms with Crippen LogP contribution >= 0.6 is 23.2 Å². The lowest BCUT2D eigenvalue weighted by Crippen LogP contribution is -2.22. The second-order valence-corrected chi connectivity index (χ2v) is 5.84. The second kappa shape index (κ2) is 7.79. The summed E-state index contributed by atoms with van der Waals surface area (Å²) in [6.45, 7) is 3.69. The number of hydrogen-bond acceptors (Lipinski definition) is 1. The van der Waals surface area contributed by atoms with Gasteiger partial charge in [0.25, 0.3) is 0 Å². The first-order chi connectivity index (χ1) is 10.1. The monoisotopic (exact) mass is 325 g/mol. The van der Waals surface area contributed by atoms with E-state index in [0.29, 0.717) is 10.0 Å². The van der Waals surface area contributed by atoms with E-state index in [0.717, 1.165) is 30.6 Å². The number of likely N-dealkylation sites (N-methyl/N-ethyl adjacent to an activating group) is 1. The highest BCUT2D eigenvalue weighted by Gasteiger charge is 2.15. The van der Waals surface area contributed by atoms with Crippen molar-refractivity contribution in [1.82, 2.24) is 5.32 Å². The largest absolute Gasteiger partial charge is 0.316 e. The number of nitrogens with one attached hydrogen (secondary N) is 1. The van der Waals surface area contributed by atoms with Crippen LogP contribution in [0.1, 0.15) is 24.0 Å². The third-order valence-electron chi connectivity index (χ3n) is 3.43. The number of rotatable bonds is 6. The zero-order valence-corrected chi connectivity index (χ0v) is 13.4. The van der Waals surface area contributed by atoms with Crippen LogP contribution in [0.4, 0.5) is 4.39 Å². The van der Waals surface area contributed by atoms with Crippen molar-refractivity contribution in [2.24, 2.45) is 0 Å². The van der Waals surface area contributed by atoms with Crippen LogP contribution in [0.2, 0.25) is 10.0 Å². The molecule has 0 amide bonds. The van der Waals surface area contributed by atoms with Gasteiger partial charge in [-0.2, -0.15) is 0 Å². The van der Waals surface area contributed by atoms with Gasteiger partial charge in [-0.3, -0.25) is 0 Å². The summed E-state index contributed by atoms with van der Waals surface area (Å²) in [5, 5.41) is 4.68. The van der Waals surface area contributed by atoms with Gasteiger partial charge < -0.3 is 5.32 Å². The van der Waals surface area contributed by atoms with Crippen molar-refractivity contribution in [3.8, 4) is 0 Å². The standard InChI is InChI=1S/C17H18Cl2FN/c1-2-21-11-14(12-4-3-5-16(20)10-12)8-13-9-15(18)6-7-17(13)19/h3-7,9-10,14,21H,2,8,11H2,1H3. The van der Waals surface area contributed by atoms with Crippen LogP contribution < -0.4 is 5.32 Å². The summed E-state index contributed by atoms with van der Waals surface area (Å²) in [7, 11) is 0. The highest BCUT2D eigenvalue weighted by atomic mass is 35.5. The van der Waals surface area contributed by atoms with Gasteiger partial charge in [0.05, 0.1) is 0 Å². The Hall–Kier alpha value is -1.09. The lowest BCUT2D eigenvalue weighted by molar-refractivity contribution is 0.583. The zero-order valence-electron chi connectivity index (χ0n) is 11.9. The molecule has 0 saturated heterocycles. The topological polar surface area (TPSA) is 12.0 Å². The summed E-state index contributed by atoms with van der Waals surface area (Å²) < 4.78 is 13.5. The molecule has 21 heavy (non-hydrogen) atoms. The molecule has 0 radical (unpaired) electrons. The number of halogens is 3. The SMILES string of the molecule is CCNCC(Cc1cc(Cl)ccc1Cl)c1cccc(F)c1. The Morgan fingerprint density at radius 3 is 2.67 bits per heavy atom. The van der Waals surface area contributed by atoms with E-state index in [1.165, 1.54) is 6.07 Å². The molecule has 4 heteroatoms. The van der Waals surface area contributed by atoms with Crippen molar-refractivity contribution < 1.29 is 4.39 Å². The molecular weight excluding hydrogens is 308 g/mol. The van der Waals surface area contributed by atoms with Gasteiger partial charge in [0.15, 0.2) is 0 Å². The molecule has 0 bridgehead atoms. The van der Waals surface area contributed by atoms with Crippen LogP contribution in [0.5, 0.6) is 0 Å². The summed E-state index contributed by atoms with van der Waals surface area (Å²) >= 11 is 12.3. The van der Waals surface area contributed by atoms with E-state index >= 15 is 0 Å². The molecule has 0 aliphatic carbocycles. The first-order valence-corrected chi connectivity index (χ1v) is 7.76. The highest BCUT2D eigenvalue weighted by molar-refractivity contribution is 6.33. The average Bonchev–Trinajstić information content (AvgIpc) is 2.47. The Labute approximate surface area is 135 Å². The van der Waals surface area contributed by atoms with E-state index in [1.807, 2.05) is 12.1 Å². The molecule has 0 saturated carbocycles. The van der Waals surface area contributed by atoms with Crippen LogP contribution in [0.25, 0.3) is 0 Å². The molecule has 0 aliphatic rings. The molecule has 1 atom stereocenters. The first kappa shape index (κ1) is 16.3. The van der Waals surface area contributed by atoms with E-state index < -0.39 is 0 Å². The van der Waals surface area contributed by atoms with E-state index in [4.69, 9.17) is 23.2 Å². The van der Waals surface area contributed by atoms with Crippen molar-refractivity contribution in [1.29, 1.82) is 0 Å². The fourth-order valence-electron chi connectivity index (χ4n) is 2.35. The fourth-order valence-corrected chi connectivity index (χ4v) is 2.74. The second-order valence-electron chi connectivity index (χ2n) is 5.00. The van der Waals surface area contributed by atoms with E-state index in [-0.39, 0.29) is 11.7 Å².